The Morgan fingerprint density at radius 3 is 2.35 bits per heavy atom. The monoisotopic (exact) mass is 359 g/mol. The molecule has 2 saturated heterocycles. The van der Waals surface area contributed by atoms with Crippen molar-refractivity contribution in [2.24, 2.45) is 0 Å². The molecule has 136 valence electrons. The maximum atomic E-state index is 14.0. The molecule has 0 bridgehead atoms. The lowest BCUT2D eigenvalue weighted by Gasteiger charge is -2.37. The number of amides is 1. The highest BCUT2D eigenvalue weighted by atomic mass is 19.1. The summed E-state index contributed by atoms with van der Waals surface area (Å²) in [4.78, 5) is 18.2. The number of carbonyl (C=O) groups is 1. The molecule has 0 spiro atoms. The Balaban J connectivity index is 1.43. The van der Waals surface area contributed by atoms with Crippen molar-refractivity contribution in [3.8, 4) is 0 Å². The van der Waals surface area contributed by atoms with Gasteiger partial charge in [0.25, 0.3) is 0 Å². The molecule has 0 N–H and O–H groups in total. The van der Waals surface area contributed by atoms with Crippen LogP contribution in [0.25, 0.3) is 0 Å². The van der Waals surface area contributed by atoms with Crippen LogP contribution in [0.1, 0.15) is 6.42 Å². The van der Waals surface area contributed by atoms with Crippen LogP contribution in [0.5, 0.6) is 0 Å². The van der Waals surface area contributed by atoms with Crippen LogP contribution >= 0.6 is 0 Å². The number of carbonyl (C=O) groups excluding carboxylic acids is 1. The van der Waals surface area contributed by atoms with Crippen LogP contribution in [0.3, 0.4) is 0 Å². The Hall–Kier alpha value is -2.61. The zero-order valence-electron chi connectivity index (χ0n) is 14.2. The number of piperazine rings is 1. The highest BCUT2D eigenvalue weighted by molar-refractivity contribution is 5.99. The number of aromatic nitrogens is 2. The van der Waals surface area contributed by atoms with E-state index in [1.54, 1.807) is 6.20 Å². The van der Waals surface area contributed by atoms with Crippen LogP contribution in [-0.2, 0) is 4.79 Å². The van der Waals surface area contributed by atoms with Crippen molar-refractivity contribution in [2.75, 3.05) is 42.5 Å². The molecule has 4 rings (SSSR count). The number of halogens is 2. The van der Waals surface area contributed by atoms with Crippen molar-refractivity contribution < 1.29 is 13.6 Å². The van der Waals surface area contributed by atoms with Crippen molar-refractivity contribution in [1.82, 2.24) is 15.1 Å². The number of benzene rings is 1. The van der Waals surface area contributed by atoms with Gasteiger partial charge in [0.1, 0.15) is 17.3 Å². The van der Waals surface area contributed by atoms with Gasteiger partial charge in [0.2, 0.25) is 5.91 Å². The first kappa shape index (κ1) is 16.8. The molecule has 2 aliphatic rings. The third-order valence-corrected chi connectivity index (χ3v) is 5.02. The number of hydrogen-bond donors (Lipinski definition) is 0. The molecular weight excluding hydrogens is 340 g/mol. The summed E-state index contributed by atoms with van der Waals surface area (Å²) in [7, 11) is 0. The van der Waals surface area contributed by atoms with Gasteiger partial charge in [-0.3, -0.25) is 9.69 Å². The van der Waals surface area contributed by atoms with Crippen molar-refractivity contribution in [1.29, 1.82) is 0 Å². The predicted octanol–water partition coefficient (Wildman–Crippen LogP) is 1.68. The molecule has 0 saturated carbocycles. The van der Waals surface area contributed by atoms with Crippen molar-refractivity contribution >= 4 is 17.4 Å². The minimum Gasteiger partial charge on any atom is -0.353 e. The normalized spacial score (nSPS) is 21.5. The molecule has 1 amide bonds. The van der Waals surface area contributed by atoms with E-state index in [1.807, 2.05) is 12.1 Å². The molecule has 26 heavy (non-hydrogen) atoms. The van der Waals surface area contributed by atoms with E-state index in [-0.39, 0.29) is 17.6 Å². The van der Waals surface area contributed by atoms with E-state index in [4.69, 9.17) is 0 Å². The second kappa shape index (κ2) is 6.95. The second-order valence-electron chi connectivity index (χ2n) is 6.47. The first-order valence-corrected chi connectivity index (χ1v) is 8.67. The molecule has 0 aliphatic carbocycles. The zero-order chi connectivity index (χ0) is 18.1. The molecule has 0 radical (unpaired) electrons. The smallest absolute Gasteiger partial charge is 0.244 e. The van der Waals surface area contributed by atoms with E-state index in [0.717, 1.165) is 18.9 Å². The summed E-state index contributed by atoms with van der Waals surface area (Å²) in [6.07, 6.45) is 2.20. The van der Waals surface area contributed by atoms with Gasteiger partial charge in [-0.05, 0) is 30.7 Å². The number of rotatable bonds is 3. The van der Waals surface area contributed by atoms with Gasteiger partial charge in [-0.15, -0.1) is 5.10 Å². The summed E-state index contributed by atoms with van der Waals surface area (Å²) < 4.78 is 28.0. The van der Waals surface area contributed by atoms with Crippen molar-refractivity contribution in [3.05, 3.63) is 48.2 Å². The van der Waals surface area contributed by atoms with Gasteiger partial charge < -0.3 is 9.80 Å². The second-order valence-corrected chi connectivity index (χ2v) is 6.47. The number of anilines is 2. The first-order chi connectivity index (χ1) is 12.6. The highest BCUT2D eigenvalue weighted by Gasteiger charge is 2.39. The fourth-order valence-electron chi connectivity index (χ4n) is 3.70. The SMILES string of the molecule is O=C1C(N2CCN(c3cccnn3)CC2)CCN1c1c(F)cccc1F. The summed E-state index contributed by atoms with van der Waals surface area (Å²) >= 11 is 0. The Bertz CT molecular complexity index is 775. The van der Waals surface area contributed by atoms with Crippen LogP contribution in [0.4, 0.5) is 20.3 Å². The van der Waals surface area contributed by atoms with Crippen LogP contribution in [-0.4, -0.2) is 59.8 Å². The predicted molar refractivity (Wildman–Crippen MR) is 92.9 cm³/mol. The van der Waals surface area contributed by atoms with Gasteiger partial charge in [0.05, 0.1) is 6.04 Å². The van der Waals surface area contributed by atoms with Crippen LogP contribution < -0.4 is 9.80 Å². The fraction of sp³-hybridized carbons (Fsp3) is 0.389. The molecule has 6 nitrogen and oxygen atoms in total. The third-order valence-electron chi connectivity index (χ3n) is 5.02. The Labute approximate surface area is 150 Å². The standard InChI is InChI=1S/C18H19F2N5O/c19-13-3-1-4-14(20)17(13)25-8-6-15(18(25)26)23-9-11-24(12-10-23)16-5-2-7-21-22-16/h1-5,7,15H,6,8-12H2. The molecule has 2 aromatic rings. The Morgan fingerprint density at radius 2 is 1.69 bits per heavy atom. The molecule has 1 unspecified atom stereocenters. The van der Waals surface area contributed by atoms with Gasteiger partial charge in [-0.2, -0.15) is 5.10 Å². The van der Waals surface area contributed by atoms with Crippen molar-refractivity contribution in [3.63, 3.8) is 0 Å². The van der Waals surface area contributed by atoms with E-state index in [9.17, 15) is 13.6 Å². The fourth-order valence-corrected chi connectivity index (χ4v) is 3.70. The first-order valence-electron chi connectivity index (χ1n) is 8.67. The lowest BCUT2D eigenvalue weighted by Crippen LogP contribution is -2.53. The van der Waals surface area contributed by atoms with Gasteiger partial charge in [-0.25, -0.2) is 8.78 Å². The van der Waals surface area contributed by atoms with E-state index >= 15 is 0 Å². The van der Waals surface area contributed by atoms with E-state index < -0.39 is 11.6 Å². The topological polar surface area (TPSA) is 52.6 Å². The highest BCUT2D eigenvalue weighted by Crippen LogP contribution is 2.29. The van der Waals surface area contributed by atoms with E-state index in [0.29, 0.717) is 26.1 Å². The summed E-state index contributed by atoms with van der Waals surface area (Å²) in [6, 6.07) is 7.08. The van der Waals surface area contributed by atoms with E-state index in [2.05, 4.69) is 20.0 Å². The largest absolute Gasteiger partial charge is 0.353 e. The van der Waals surface area contributed by atoms with Crippen LogP contribution in [0.2, 0.25) is 0 Å². The molecule has 1 aromatic heterocycles. The van der Waals surface area contributed by atoms with Gasteiger partial charge in [-0.1, -0.05) is 6.07 Å². The molecule has 1 atom stereocenters. The summed E-state index contributed by atoms with van der Waals surface area (Å²) in [5.74, 6) is -0.820. The van der Waals surface area contributed by atoms with Gasteiger partial charge in [0.15, 0.2) is 5.82 Å². The quantitative estimate of drug-likeness (QED) is 0.835. The minimum atomic E-state index is -0.702. The average Bonchev–Trinajstić information content (AvgIpc) is 3.04. The average molecular weight is 359 g/mol. The Kier molecular flexibility index (Phi) is 4.50. The van der Waals surface area contributed by atoms with Crippen LogP contribution in [0.15, 0.2) is 36.5 Å². The molecule has 2 aliphatic heterocycles. The molecule has 3 heterocycles. The van der Waals surface area contributed by atoms with Gasteiger partial charge >= 0.3 is 0 Å². The van der Waals surface area contributed by atoms with Gasteiger partial charge in [0, 0.05) is 38.9 Å². The Morgan fingerprint density at radius 1 is 0.962 bits per heavy atom. The molecule has 8 heteroatoms. The molecule has 1 aromatic carbocycles. The number of para-hydroxylation sites is 1. The van der Waals surface area contributed by atoms with E-state index in [1.165, 1.54) is 23.1 Å². The molecule has 2 fully saturated rings. The third kappa shape index (κ3) is 3.01. The summed E-state index contributed by atoms with van der Waals surface area (Å²) in [5, 5.41) is 8.00. The minimum absolute atomic E-state index is 0.234. The summed E-state index contributed by atoms with van der Waals surface area (Å²) in [6.45, 7) is 3.18. The van der Waals surface area contributed by atoms with Crippen molar-refractivity contribution in [2.45, 2.75) is 12.5 Å². The number of hydrogen-bond acceptors (Lipinski definition) is 5. The molecular formula is C18H19F2N5O. The lowest BCUT2D eigenvalue weighted by atomic mass is 10.2. The summed E-state index contributed by atoms with van der Waals surface area (Å²) in [5.41, 5.74) is -0.238. The maximum Gasteiger partial charge on any atom is 0.244 e. The van der Waals surface area contributed by atoms with Crippen LogP contribution in [0, 0.1) is 11.6 Å². The number of nitrogens with zero attached hydrogens (tertiary/aromatic N) is 5. The zero-order valence-corrected chi connectivity index (χ0v) is 14.2. The lowest BCUT2D eigenvalue weighted by molar-refractivity contribution is -0.121. The maximum absolute atomic E-state index is 14.0.